The van der Waals surface area contributed by atoms with Crippen molar-refractivity contribution in [2.45, 2.75) is 25.5 Å². The van der Waals surface area contributed by atoms with Crippen LogP contribution in [0.4, 0.5) is 4.39 Å². The Kier molecular flexibility index (Phi) is 5.09. The fourth-order valence-corrected chi connectivity index (χ4v) is 2.50. The molecule has 1 fully saturated rings. The van der Waals surface area contributed by atoms with Crippen molar-refractivity contribution in [2.75, 3.05) is 26.8 Å². The highest BCUT2D eigenvalue weighted by molar-refractivity contribution is 5.69. The SMILES string of the molecule is COC(=O)C[C@H]1CN([C@@H](C)c2ccccc2F)CCO1. The summed E-state index contributed by atoms with van der Waals surface area (Å²) in [5.74, 6) is -0.480. The van der Waals surface area contributed by atoms with Gasteiger partial charge in [0.25, 0.3) is 0 Å². The Balaban J connectivity index is 2.01. The molecule has 1 aliphatic rings. The predicted molar refractivity (Wildman–Crippen MR) is 72.8 cm³/mol. The molecule has 1 heterocycles. The van der Waals surface area contributed by atoms with Crippen molar-refractivity contribution in [3.8, 4) is 0 Å². The first-order valence-electron chi connectivity index (χ1n) is 6.78. The number of hydrogen-bond acceptors (Lipinski definition) is 4. The number of carbonyl (C=O) groups is 1. The molecule has 20 heavy (non-hydrogen) atoms. The summed E-state index contributed by atoms with van der Waals surface area (Å²) >= 11 is 0. The van der Waals surface area contributed by atoms with E-state index in [1.165, 1.54) is 13.2 Å². The van der Waals surface area contributed by atoms with Crippen LogP contribution in [0.15, 0.2) is 24.3 Å². The summed E-state index contributed by atoms with van der Waals surface area (Å²) in [6.45, 7) is 3.84. The Morgan fingerprint density at radius 3 is 3.00 bits per heavy atom. The molecule has 1 aliphatic heterocycles. The van der Waals surface area contributed by atoms with Crippen LogP contribution in [-0.2, 0) is 14.3 Å². The molecule has 0 saturated carbocycles. The summed E-state index contributed by atoms with van der Waals surface area (Å²) in [6.07, 6.45) is 0.0437. The maximum atomic E-state index is 13.8. The largest absolute Gasteiger partial charge is 0.469 e. The lowest BCUT2D eigenvalue weighted by atomic mass is 10.0. The van der Waals surface area contributed by atoms with Crippen LogP contribution in [0.5, 0.6) is 0 Å². The highest BCUT2D eigenvalue weighted by Gasteiger charge is 2.27. The number of methoxy groups -OCH3 is 1. The van der Waals surface area contributed by atoms with E-state index in [4.69, 9.17) is 4.74 Å². The molecule has 2 atom stereocenters. The first kappa shape index (κ1) is 14.9. The van der Waals surface area contributed by atoms with Crippen LogP contribution < -0.4 is 0 Å². The van der Waals surface area contributed by atoms with E-state index in [-0.39, 0.29) is 30.4 Å². The number of esters is 1. The van der Waals surface area contributed by atoms with Gasteiger partial charge in [-0.2, -0.15) is 0 Å². The fraction of sp³-hybridized carbons (Fsp3) is 0.533. The lowest BCUT2D eigenvalue weighted by Crippen LogP contribution is -2.44. The number of ether oxygens (including phenoxy) is 2. The van der Waals surface area contributed by atoms with Gasteiger partial charge < -0.3 is 9.47 Å². The van der Waals surface area contributed by atoms with Crippen LogP contribution >= 0.6 is 0 Å². The molecular weight excluding hydrogens is 261 g/mol. The molecule has 5 heteroatoms. The summed E-state index contributed by atoms with van der Waals surface area (Å²) in [5.41, 5.74) is 0.672. The van der Waals surface area contributed by atoms with Gasteiger partial charge in [0.1, 0.15) is 5.82 Å². The molecule has 0 spiro atoms. The lowest BCUT2D eigenvalue weighted by molar-refractivity contribution is -0.146. The Hall–Kier alpha value is -1.46. The van der Waals surface area contributed by atoms with Crippen LogP contribution in [-0.4, -0.2) is 43.8 Å². The summed E-state index contributed by atoms with van der Waals surface area (Å²) < 4.78 is 24.0. The highest BCUT2D eigenvalue weighted by atomic mass is 19.1. The number of hydrogen-bond donors (Lipinski definition) is 0. The van der Waals surface area contributed by atoms with E-state index in [0.717, 1.165) is 6.54 Å². The second-order valence-electron chi connectivity index (χ2n) is 4.97. The number of benzene rings is 1. The third kappa shape index (κ3) is 3.55. The van der Waals surface area contributed by atoms with Gasteiger partial charge >= 0.3 is 5.97 Å². The quantitative estimate of drug-likeness (QED) is 0.793. The minimum atomic E-state index is -0.282. The molecule has 1 saturated heterocycles. The van der Waals surface area contributed by atoms with Crippen molar-refractivity contribution >= 4 is 5.97 Å². The summed E-state index contributed by atoms with van der Waals surface area (Å²) in [6, 6.07) is 6.75. The molecule has 0 N–H and O–H groups in total. The molecule has 110 valence electrons. The first-order valence-corrected chi connectivity index (χ1v) is 6.78. The van der Waals surface area contributed by atoms with Gasteiger partial charge in [-0.05, 0) is 13.0 Å². The van der Waals surface area contributed by atoms with Crippen LogP contribution in [0.1, 0.15) is 24.9 Å². The number of rotatable bonds is 4. The monoisotopic (exact) mass is 281 g/mol. The number of nitrogens with zero attached hydrogens (tertiary/aromatic N) is 1. The molecule has 0 radical (unpaired) electrons. The fourth-order valence-electron chi connectivity index (χ4n) is 2.50. The summed E-state index contributed by atoms with van der Waals surface area (Å²) in [5, 5.41) is 0. The van der Waals surface area contributed by atoms with Crippen molar-refractivity contribution in [3.05, 3.63) is 35.6 Å². The Bertz CT molecular complexity index is 466. The van der Waals surface area contributed by atoms with E-state index in [1.807, 2.05) is 13.0 Å². The van der Waals surface area contributed by atoms with Gasteiger partial charge in [0.05, 0.1) is 26.2 Å². The zero-order valence-electron chi connectivity index (χ0n) is 11.8. The first-order chi connectivity index (χ1) is 9.61. The van der Waals surface area contributed by atoms with Gasteiger partial charge in [-0.25, -0.2) is 4.39 Å². The molecule has 1 aromatic carbocycles. The maximum Gasteiger partial charge on any atom is 0.308 e. The third-order valence-electron chi connectivity index (χ3n) is 3.70. The van der Waals surface area contributed by atoms with Gasteiger partial charge in [-0.1, -0.05) is 18.2 Å². The van der Waals surface area contributed by atoms with E-state index in [2.05, 4.69) is 9.64 Å². The molecule has 1 aromatic rings. The molecule has 2 rings (SSSR count). The van der Waals surface area contributed by atoms with Crippen molar-refractivity contribution in [1.29, 1.82) is 0 Å². The van der Waals surface area contributed by atoms with Gasteiger partial charge in [0.15, 0.2) is 0 Å². The number of morpholine rings is 1. The average Bonchev–Trinajstić information content (AvgIpc) is 2.47. The molecule has 0 aliphatic carbocycles. The van der Waals surface area contributed by atoms with Crippen LogP contribution in [0.25, 0.3) is 0 Å². The minimum Gasteiger partial charge on any atom is -0.469 e. The van der Waals surface area contributed by atoms with Gasteiger partial charge in [-0.15, -0.1) is 0 Å². The van der Waals surface area contributed by atoms with E-state index in [1.54, 1.807) is 12.1 Å². The normalized spacial score (nSPS) is 21.4. The topological polar surface area (TPSA) is 38.8 Å². The molecular formula is C15H20FNO3. The molecule has 0 unspecified atom stereocenters. The minimum absolute atomic E-state index is 0.0414. The zero-order chi connectivity index (χ0) is 14.5. The van der Waals surface area contributed by atoms with Crippen LogP contribution in [0.3, 0.4) is 0 Å². The van der Waals surface area contributed by atoms with Gasteiger partial charge in [-0.3, -0.25) is 9.69 Å². The van der Waals surface area contributed by atoms with E-state index in [0.29, 0.717) is 18.7 Å². The summed E-state index contributed by atoms with van der Waals surface area (Å²) in [4.78, 5) is 13.4. The van der Waals surface area contributed by atoms with Crippen molar-refractivity contribution < 1.29 is 18.7 Å². The van der Waals surface area contributed by atoms with Gasteiger partial charge in [0.2, 0.25) is 0 Å². The van der Waals surface area contributed by atoms with Crippen LogP contribution in [0.2, 0.25) is 0 Å². The predicted octanol–water partition coefficient (Wildman–Crippen LogP) is 2.15. The van der Waals surface area contributed by atoms with Crippen molar-refractivity contribution in [2.24, 2.45) is 0 Å². The van der Waals surface area contributed by atoms with E-state index in [9.17, 15) is 9.18 Å². The molecule has 0 bridgehead atoms. The van der Waals surface area contributed by atoms with Crippen LogP contribution in [0, 0.1) is 5.82 Å². The number of carbonyl (C=O) groups excluding carboxylic acids is 1. The Morgan fingerprint density at radius 2 is 2.30 bits per heavy atom. The zero-order valence-corrected chi connectivity index (χ0v) is 11.8. The molecule has 0 amide bonds. The standard InChI is InChI=1S/C15H20FNO3/c1-11(13-5-3-4-6-14(13)16)17-7-8-20-12(10-17)9-15(18)19-2/h3-6,11-12H,7-10H2,1-2H3/t11-,12-/m0/s1. The molecule has 4 nitrogen and oxygen atoms in total. The smallest absolute Gasteiger partial charge is 0.308 e. The average molecular weight is 281 g/mol. The summed E-state index contributed by atoms with van der Waals surface area (Å²) in [7, 11) is 1.37. The Morgan fingerprint density at radius 1 is 1.55 bits per heavy atom. The second kappa shape index (κ2) is 6.81. The number of halogens is 1. The maximum absolute atomic E-state index is 13.8. The van der Waals surface area contributed by atoms with Crippen molar-refractivity contribution in [1.82, 2.24) is 4.90 Å². The van der Waals surface area contributed by atoms with Gasteiger partial charge in [0, 0.05) is 24.7 Å². The molecule has 0 aromatic heterocycles. The lowest BCUT2D eigenvalue weighted by Gasteiger charge is -2.36. The third-order valence-corrected chi connectivity index (χ3v) is 3.70. The Labute approximate surface area is 118 Å². The van der Waals surface area contributed by atoms with E-state index >= 15 is 0 Å². The van der Waals surface area contributed by atoms with Crippen molar-refractivity contribution in [3.63, 3.8) is 0 Å². The van der Waals surface area contributed by atoms with E-state index < -0.39 is 0 Å². The highest BCUT2D eigenvalue weighted by Crippen LogP contribution is 2.25. The second-order valence-corrected chi connectivity index (χ2v) is 4.97.